The number of nitrogens with zero attached hydrogens (tertiary/aromatic N) is 18. The molecule has 766 valence electrons. The Balaban J connectivity index is 0.000000121. The molecule has 2 atom stereocenters. The molecule has 2 saturated heterocycles. The highest BCUT2D eigenvalue weighted by molar-refractivity contribution is 7.15. The summed E-state index contributed by atoms with van der Waals surface area (Å²) >= 11 is 8.67. The van der Waals surface area contributed by atoms with Gasteiger partial charge in [-0.15, -0.1) is 68.0 Å². The lowest BCUT2D eigenvalue weighted by atomic mass is 10.1. The average Bonchev–Trinajstić information content (AvgIpc) is 1.67. The number of amides is 7. The topological polar surface area (TPSA) is 451 Å². The van der Waals surface area contributed by atoms with E-state index >= 15 is 0 Å². The van der Waals surface area contributed by atoms with E-state index in [0.717, 1.165) is 218 Å². The molecule has 2 unspecified atom stereocenters. The maximum absolute atomic E-state index is 12.9. The van der Waals surface area contributed by atoms with Crippen molar-refractivity contribution in [3.8, 4) is 86.7 Å². The van der Waals surface area contributed by atoms with Gasteiger partial charge in [0.2, 0.25) is 11.8 Å². The predicted octanol–water partition coefficient (Wildman–Crippen LogP) is 17.1. The molecule has 38 nitrogen and oxygen atoms in total. The van der Waals surface area contributed by atoms with Crippen LogP contribution in [0.15, 0.2) is 161 Å². The van der Waals surface area contributed by atoms with Crippen LogP contribution in [-0.4, -0.2) is 273 Å². The Morgan fingerprint density at radius 1 is 0.388 bits per heavy atom. The molecule has 0 aliphatic carbocycles. The molecule has 14 aromatic rings. The number of Topliss-reactive ketones (excluding diaryl/α,β-unsaturated/α-hetero) is 1. The molecule has 0 radical (unpaired) electrons. The lowest BCUT2D eigenvalue weighted by Crippen LogP contribution is -2.38. The molecular weight excluding hydrogens is 1990 g/mol. The van der Waals surface area contributed by atoms with Gasteiger partial charge in [-0.05, 0) is 157 Å². The second-order valence-electron chi connectivity index (χ2n) is 35.4. The molecule has 2 fully saturated rings. The Kier molecular flexibility index (Phi) is 37.2. The normalized spacial score (nSPS) is 17.8. The van der Waals surface area contributed by atoms with E-state index in [4.69, 9.17) is 33.2 Å². The molecule has 22 rings (SSSR count). The lowest BCUT2D eigenvalue weighted by molar-refractivity contribution is 0.0520. The highest BCUT2D eigenvalue weighted by atomic mass is 32.1. The summed E-state index contributed by atoms with van der Waals surface area (Å²) < 4.78 is 41.5. The second-order valence-corrected chi connectivity index (χ2v) is 40.5. The van der Waals surface area contributed by atoms with Gasteiger partial charge in [-0.1, -0.05) is 25.0 Å². The van der Waals surface area contributed by atoms with Gasteiger partial charge in [-0.3, -0.25) is 58.1 Å². The number of pyridine rings is 5. The maximum Gasteiger partial charge on any atom is 0.275 e. The van der Waals surface area contributed by atoms with Gasteiger partial charge in [0.05, 0.1) is 81.1 Å². The van der Waals surface area contributed by atoms with Crippen LogP contribution in [0.1, 0.15) is 205 Å². The first-order valence-corrected chi connectivity index (χ1v) is 54.4. The number of fused-ring (bicyclic) bond motifs is 33. The zero-order chi connectivity index (χ0) is 102. The van der Waals surface area contributed by atoms with Crippen molar-refractivity contribution in [2.75, 3.05) is 135 Å². The van der Waals surface area contributed by atoms with Gasteiger partial charge in [-0.2, -0.15) is 10.2 Å². The largest absolute Gasteiger partial charge is 0.491 e. The molecule has 1 aromatic carbocycles. The van der Waals surface area contributed by atoms with Crippen molar-refractivity contribution in [2.45, 2.75) is 134 Å². The van der Waals surface area contributed by atoms with E-state index in [9.17, 15) is 38.4 Å². The first-order valence-electron chi connectivity index (χ1n) is 49.2. The molecule has 21 heterocycles. The third kappa shape index (κ3) is 28.7. The summed E-state index contributed by atoms with van der Waals surface area (Å²) in [5.74, 6) is 2.26. The standard InChI is InChI=1S/C19H20N6O2S.C19H18N4O4S.C18H22N4O2S.C18H21N3O3S.C16H19N3O2S.C13H13N3O2S/c1-25-10-14-16(24-25)18(27)21-7-4-2-3-5-13-9-12(6-8-20-13)19-23-15(11-28-19)17(26)22-14;24-16-5-2-6-26-7-8-27-13-4-1-3-12(9-13)19-22-15(11-28-19)18(25)21-14-10-20-23-17(14)16;23-18-15-12-25-17(21-15)13-5-7-20-16(10-13)19-6-1-2-9-24-11-14-4-3-8-22(14)18;22-18-15-12-25-17(20-15)13-5-6-19-16(10-13)24-9-2-1-8-23-11-14-4-3-7-21(14)18;1-19-8-4-2-3-5-9-21-14-10-12(6-7-17-14)15-18-13(11-22-15)16(19)20;1-16-5-2-6-18-11-7-14-4-3-9(11)12-15-10(8-19-12)13(16)17/h6,8-11H,2-5,7H2,1H3,(H,21,27)(H,22,26);1,3-4,9-11H,2,5-8H2,(H,20,23)(H,21,25);5,7,10,12,14H,1-4,6,8-9,11H2,(H,19,20);5-6,10,12,14H,1-4,7-9,11H2;6-7,10-11H,2-5,8-9H2,1H3;3-4,7-8H,2,5-6H2,1H3. The zero-order valence-electron chi connectivity index (χ0n) is 81.6. The quantitative estimate of drug-likeness (QED) is 0.0941. The van der Waals surface area contributed by atoms with Crippen molar-refractivity contribution in [3.05, 3.63) is 212 Å². The molecule has 0 saturated carbocycles. The van der Waals surface area contributed by atoms with Crippen molar-refractivity contribution >= 4 is 132 Å². The molecule has 0 spiro atoms. The number of ether oxygens (including phenoxy) is 7. The van der Waals surface area contributed by atoms with Crippen molar-refractivity contribution in [2.24, 2.45) is 7.05 Å². The summed E-state index contributed by atoms with van der Waals surface area (Å²) in [6, 6.07) is 25.2. The van der Waals surface area contributed by atoms with Gasteiger partial charge in [0.15, 0.2) is 11.5 Å². The number of carbonyl (C=O) groups excluding carboxylic acids is 8. The minimum absolute atomic E-state index is 0.00576. The average molecular weight is 2110 g/mol. The molecule has 8 aliphatic heterocycles. The van der Waals surface area contributed by atoms with Gasteiger partial charge in [0, 0.05) is 202 Å². The molecule has 7 amide bonds. The maximum atomic E-state index is 12.9. The van der Waals surface area contributed by atoms with Crippen LogP contribution < -0.4 is 40.2 Å². The third-order valence-electron chi connectivity index (χ3n) is 24.6. The number of H-pyrrole nitrogens is 1. The number of anilines is 3. The number of aryl methyl sites for hydroxylation is 2. The summed E-state index contributed by atoms with van der Waals surface area (Å²) in [5.41, 5.74) is 10.4. The van der Waals surface area contributed by atoms with Crippen LogP contribution in [0.3, 0.4) is 0 Å². The number of aromatic amines is 1. The van der Waals surface area contributed by atoms with Crippen molar-refractivity contribution in [1.29, 1.82) is 0 Å². The first kappa shape index (κ1) is 104. The number of benzene rings is 1. The monoisotopic (exact) mass is 2100 g/mol. The SMILES string of the molecule is CN1CCCCCCOc2cc(ccn2)-c2nc(cs2)C1=O.CN1CCCOc2cnccc2-c2nc(cs2)C1=O.Cn1cc2c(n1)C(=O)NCCCCCc1cc(ccn1)-c1nc(cs1)C(=O)N2.O=C1Nc2cn[nH]c2C(=O)CCCOCCOc2cccc(c2)-c2nc1cs2.O=C1c2csc(n2)-c2ccnc(c2)NCCCCOCC2CCCN12.O=C1c2csc(n2)-c2ccnc(c2)OCCCCOCC2CCCN12. The van der Waals surface area contributed by atoms with Gasteiger partial charge in [-0.25, -0.2) is 44.9 Å². The molecular formula is C103H113N23O15S6. The highest BCUT2D eigenvalue weighted by Crippen LogP contribution is 2.37. The number of thiazole rings is 6. The summed E-state index contributed by atoms with van der Waals surface area (Å²) in [6.07, 6.45) is 30.9. The number of ketones is 1. The smallest absolute Gasteiger partial charge is 0.275 e. The minimum atomic E-state index is -0.394. The van der Waals surface area contributed by atoms with Crippen LogP contribution in [-0.2, 0) is 27.7 Å². The van der Waals surface area contributed by atoms with E-state index in [-0.39, 0.29) is 76.8 Å². The Hall–Kier alpha value is -14.0. The summed E-state index contributed by atoms with van der Waals surface area (Å²) in [7, 11) is 5.33. The number of rotatable bonds is 0. The number of carbonyl (C=O) groups is 8. The van der Waals surface area contributed by atoms with Crippen LogP contribution in [0.2, 0.25) is 0 Å². The Morgan fingerprint density at radius 3 is 1.55 bits per heavy atom. The van der Waals surface area contributed by atoms with Crippen molar-refractivity contribution < 1.29 is 71.5 Å². The lowest BCUT2D eigenvalue weighted by Gasteiger charge is -2.24. The second kappa shape index (κ2) is 52.4. The Labute approximate surface area is 872 Å². The predicted molar refractivity (Wildman–Crippen MR) is 562 cm³/mol. The van der Waals surface area contributed by atoms with Crippen LogP contribution in [0, 0.1) is 0 Å². The van der Waals surface area contributed by atoms with Crippen molar-refractivity contribution in [1.82, 2.24) is 99.7 Å². The highest BCUT2D eigenvalue weighted by Gasteiger charge is 2.34. The van der Waals surface area contributed by atoms with E-state index in [1.54, 1.807) is 83.4 Å². The fraction of sp³-hybridized carbons (Fsp3) is 0.388. The fourth-order valence-corrected chi connectivity index (χ4v) is 21.6. The van der Waals surface area contributed by atoms with Gasteiger partial charge < -0.3 is 74.0 Å². The van der Waals surface area contributed by atoms with E-state index < -0.39 is 5.91 Å². The van der Waals surface area contributed by atoms with E-state index in [1.807, 2.05) is 112 Å². The van der Waals surface area contributed by atoms with Crippen molar-refractivity contribution in [3.63, 3.8) is 0 Å². The van der Waals surface area contributed by atoms with Crippen LogP contribution in [0.25, 0.3) is 63.4 Å². The number of aromatic nitrogens is 15. The molecule has 147 heavy (non-hydrogen) atoms. The Bertz CT molecular complexity index is 6710. The molecule has 5 N–H and O–H groups in total. The number of nitrogens with one attached hydrogen (secondary N) is 5. The molecule has 22 bridgehead atoms. The molecule has 8 aliphatic rings. The minimum Gasteiger partial charge on any atom is -0.491 e. The van der Waals surface area contributed by atoms with E-state index in [0.29, 0.717) is 141 Å². The first-order chi connectivity index (χ1) is 71.9. The van der Waals surface area contributed by atoms with Crippen LogP contribution in [0.5, 0.6) is 23.3 Å². The van der Waals surface area contributed by atoms with Gasteiger partial charge in [0.25, 0.3) is 41.4 Å². The zero-order valence-corrected chi connectivity index (χ0v) is 86.5. The van der Waals surface area contributed by atoms with Crippen LogP contribution in [0.4, 0.5) is 17.2 Å². The van der Waals surface area contributed by atoms with Crippen LogP contribution >= 0.6 is 68.0 Å². The summed E-state index contributed by atoms with van der Waals surface area (Å²) in [4.78, 5) is 156. The molecule has 13 aromatic heterocycles. The summed E-state index contributed by atoms with van der Waals surface area (Å²) in [6.45, 7) is 10.2. The number of hydrogen-bond acceptors (Lipinski definition) is 35. The van der Waals surface area contributed by atoms with E-state index in [2.05, 4.69) is 91.4 Å². The number of hydrogen-bond donors (Lipinski definition) is 5. The van der Waals surface area contributed by atoms with Gasteiger partial charge >= 0.3 is 0 Å². The van der Waals surface area contributed by atoms with Gasteiger partial charge in [0.1, 0.15) is 93.8 Å². The third-order valence-corrected chi connectivity index (χ3v) is 29.9. The summed E-state index contributed by atoms with van der Waals surface area (Å²) in [5, 5.41) is 37.9. The Morgan fingerprint density at radius 2 is 0.898 bits per heavy atom. The molecule has 44 heteroatoms. The fourth-order valence-electron chi connectivity index (χ4n) is 16.8. The van der Waals surface area contributed by atoms with E-state index in [1.165, 1.54) is 78.9 Å².